The number of benzene rings is 1. The molecular formula is C14H15F4NO3. The second-order valence-electron chi connectivity index (χ2n) is 4.95. The number of nitrogens with one attached hydrogen (secondary N) is 1. The van der Waals surface area contributed by atoms with E-state index in [4.69, 9.17) is 4.74 Å². The average Bonchev–Trinajstić information content (AvgIpc) is 2.46. The van der Waals surface area contributed by atoms with Gasteiger partial charge in [0.15, 0.2) is 5.41 Å². The molecule has 0 heterocycles. The van der Waals surface area contributed by atoms with Crippen LogP contribution in [0.1, 0.15) is 18.9 Å². The van der Waals surface area contributed by atoms with E-state index in [1.165, 1.54) is 24.3 Å². The summed E-state index contributed by atoms with van der Waals surface area (Å²) in [6.07, 6.45) is -1.30. The van der Waals surface area contributed by atoms with Crippen LogP contribution in [0.5, 0.6) is 5.75 Å². The van der Waals surface area contributed by atoms with E-state index < -0.39 is 29.6 Å². The molecular weight excluding hydrogens is 306 g/mol. The van der Waals surface area contributed by atoms with E-state index in [2.05, 4.69) is 4.84 Å². The number of rotatable bonds is 5. The quantitative estimate of drug-likeness (QED) is 0.670. The maximum absolute atomic E-state index is 14.0. The third kappa shape index (κ3) is 2.13. The average molecular weight is 321 g/mol. The third-order valence-electron chi connectivity index (χ3n) is 3.72. The minimum Gasteiger partial charge on any atom is -0.494 e. The lowest BCUT2D eigenvalue weighted by atomic mass is 9.58. The molecule has 0 radical (unpaired) electrons. The van der Waals surface area contributed by atoms with Crippen LogP contribution in [-0.4, -0.2) is 31.5 Å². The Kier molecular flexibility index (Phi) is 4.08. The summed E-state index contributed by atoms with van der Waals surface area (Å²) in [5, 5.41) is 0. The van der Waals surface area contributed by atoms with Crippen molar-refractivity contribution in [2.45, 2.75) is 30.6 Å². The molecule has 0 saturated heterocycles. The van der Waals surface area contributed by atoms with Crippen molar-refractivity contribution >= 4 is 5.91 Å². The highest BCUT2D eigenvalue weighted by atomic mass is 19.3. The molecule has 0 aliphatic heterocycles. The summed E-state index contributed by atoms with van der Waals surface area (Å²) in [4.78, 5) is 16.3. The molecule has 1 amide bonds. The Morgan fingerprint density at radius 1 is 1.23 bits per heavy atom. The summed E-state index contributed by atoms with van der Waals surface area (Å²) in [6, 6.07) is 5.08. The highest BCUT2D eigenvalue weighted by Crippen LogP contribution is 2.64. The van der Waals surface area contributed by atoms with Gasteiger partial charge in [-0.3, -0.25) is 9.63 Å². The highest BCUT2D eigenvalue weighted by molar-refractivity contribution is 5.91. The summed E-state index contributed by atoms with van der Waals surface area (Å²) in [5.41, 5.74) is -1.15. The van der Waals surface area contributed by atoms with Gasteiger partial charge in [-0.1, -0.05) is 12.1 Å². The summed E-state index contributed by atoms with van der Waals surface area (Å²) in [7, 11) is 1.04. The van der Waals surface area contributed by atoms with Crippen LogP contribution in [0.4, 0.5) is 17.6 Å². The van der Waals surface area contributed by atoms with E-state index in [0.29, 0.717) is 12.4 Å². The van der Waals surface area contributed by atoms with Crippen molar-refractivity contribution in [2.75, 3.05) is 13.7 Å². The SMILES string of the molecule is CCOc1ccc(C2(C(=O)NOC)CC(F)(F)C2(F)F)cc1. The number of hydrogen-bond donors (Lipinski definition) is 1. The van der Waals surface area contributed by atoms with E-state index in [1.807, 2.05) is 0 Å². The predicted molar refractivity (Wildman–Crippen MR) is 69.0 cm³/mol. The van der Waals surface area contributed by atoms with Crippen LogP contribution < -0.4 is 10.2 Å². The minimum absolute atomic E-state index is 0.221. The number of alkyl halides is 4. The molecule has 1 fully saturated rings. The van der Waals surface area contributed by atoms with Crippen molar-refractivity contribution in [3.63, 3.8) is 0 Å². The molecule has 0 aromatic heterocycles. The van der Waals surface area contributed by atoms with E-state index in [0.717, 1.165) is 7.11 Å². The van der Waals surface area contributed by atoms with Crippen LogP contribution in [0.3, 0.4) is 0 Å². The molecule has 0 bridgehead atoms. The molecule has 2 rings (SSSR count). The number of carbonyl (C=O) groups is 1. The molecule has 22 heavy (non-hydrogen) atoms. The van der Waals surface area contributed by atoms with Crippen molar-refractivity contribution < 1.29 is 31.9 Å². The first-order valence-corrected chi connectivity index (χ1v) is 6.55. The van der Waals surface area contributed by atoms with Gasteiger partial charge in [-0.25, -0.2) is 5.48 Å². The van der Waals surface area contributed by atoms with Gasteiger partial charge in [0.2, 0.25) is 0 Å². The monoisotopic (exact) mass is 321 g/mol. The van der Waals surface area contributed by atoms with Gasteiger partial charge in [0.25, 0.3) is 5.91 Å². The standard InChI is InChI=1S/C14H15F4NO3/c1-3-22-10-6-4-9(5-7-10)12(11(20)19-21-2)8-13(15,16)14(12,17)18/h4-7H,3,8H2,1-2H3,(H,19,20). The first-order chi connectivity index (χ1) is 10.2. The fraction of sp³-hybridized carbons (Fsp3) is 0.500. The Hall–Kier alpha value is -1.83. The van der Waals surface area contributed by atoms with Gasteiger partial charge >= 0.3 is 11.8 Å². The van der Waals surface area contributed by atoms with Gasteiger partial charge in [0.05, 0.1) is 13.7 Å². The summed E-state index contributed by atoms with van der Waals surface area (Å²) >= 11 is 0. The smallest absolute Gasteiger partial charge is 0.328 e. The molecule has 1 N–H and O–H groups in total. The van der Waals surface area contributed by atoms with Crippen LogP contribution >= 0.6 is 0 Å². The van der Waals surface area contributed by atoms with Gasteiger partial charge in [-0.2, -0.15) is 17.6 Å². The fourth-order valence-electron chi connectivity index (χ4n) is 2.58. The van der Waals surface area contributed by atoms with Gasteiger partial charge in [0.1, 0.15) is 5.75 Å². The summed E-state index contributed by atoms with van der Waals surface area (Å²) in [5.74, 6) is -9.69. The molecule has 1 aliphatic carbocycles. The third-order valence-corrected chi connectivity index (χ3v) is 3.72. The zero-order valence-corrected chi connectivity index (χ0v) is 12.0. The number of ether oxygens (including phenoxy) is 1. The number of hydrogen-bond acceptors (Lipinski definition) is 3. The van der Waals surface area contributed by atoms with Crippen LogP contribution in [0.2, 0.25) is 0 Å². The lowest BCUT2D eigenvalue weighted by molar-refractivity contribution is -0.320. The van der Waals surface area contributed by atoms with Crippen LogP contribution in [0, 0.1) is 0 Å². The molecule has 1 aromatic rings. The summed E-state index contributed by atoms with van der Waals surface area (Å²) in [6.45, 7) is 2.10. The molecule has 0 spiro atoms. The van der Waals surface area contributed by atoms with Crippen LogP contribution in [-0.2, 0) is 15.0 Å². The number of amides is 1. The van der Waals surface area contributed by atoms with E-state index in [-0.39, 0.29) is 5.56 Å². The van der Waals surface area contributed by atoms with E-state index in [1.54, 1.807) is 12.4 Å². The maximum Gasteiger partial charge on any atom is 0.328 e. The fourth-order valence-corrected chi connectivity index (χ4v) is 2.58. The molecule has 1 atom stereocenters. The Balaban J connectivity index is 2.45. The maximum atomic E-state index is 14.0. The summed E-state index contributed by atoms with van der Waals surface area (Å²) < 4.78 is 59.9. The van der Waals surface area contributed by atoms with E-state index >= 15 is 0 Å². The van der Waals surface area contributed by atoms with Gasteiger partial charge in [0, 0.05) is 6.42 Å². The van der Waals surface area contributed by atoms with Crippen LogP contribution in [0.15, 0.2) is 24.3 Å². The Labute approximate surface area is 124 Å². The second kappa shape index (κ2) is 5.42. The Morgan fingerprint density at radius 3 is 2.23 bits per heavy atom. The molecule has 1 unspecified atom stereocenters. The first kappa shape index (κ1) is 16.5. The van der Waals surface area contributed by atoms with Crippen molar-refractivity contribution in [1.82, 2.24) is 5.48 Å². The van der Waals surface area contributed by atoms with Crippen molar-refractivity contribution in [2.24, 2.45) is 0 Å². The van der Waals surface area contributed by atoms with Gasteiger partial charge in [-0.05, 0) is 24.6 Å². The van der Waals surface area contributed by atoms with Crippen molar-refractivity contribution in [3.05, 3.63) is 29.8 Å². The zero-order chi connectivity index (χ0) is 16.6. The highest BCUT2D eigenvalue weighted by Gasteiger charge is 2.83. The molecule has 8 heteroatoms. The van der Waals surface area contributed by atoms with E-state index in [9.17, 15) is 22.4 Å². The topological polar surface area (TPSA) is 47.6 Å². The zero-order valence-electron chi connectivity index (χ0n) is 12.0. The Morgan fingerprint density at radius 2 is 1.82 bits per heavy atom. The van der Waals surface area contributed by atoms with Gasteiger partial charge < -0.3 is 4.74 Å². The van der Waals surface area contributed by atoms with Crippen molar-refractivity contribution in [3.8, 4) is 5.75 Å². The normalized spacial score (nSPS) is 25.2. The molecule has 1 saturated carbocycles. The first-order valence-electron chi connectivity index (χ1n) is 6.55. The van der Waals surface area contributed by atoms with Gasteiger partial charge in [-0.15, -0.1) is 0 Å². The van der Waals surface area contributed by atoms with Crippen LogP contribution in [0.25, 0.3) is 0 Å². The molecule has 1 aliphatic rings. The number of carbonyl (C=O) groups excluding carboxylic acids is 1. The lowest BCUT2D eigenvalue weighted by Gasteiger charge is -2.52. The molecule has 4 nitrogen and oxygen atoms in total. The number of hydroxylamine groups is 1. The number of halogens is 4. The molecule has 1 aromatic carbocycles. The van der Waals surface area contributed by atoms with Crippen molar-refractivity contribution in [1.29, 1.82) is 0 Å². The predicted octanol–water partition coefficient (Wildman–Crippen LogP) is 2.68. The lowest BCUT2D eigenvalue weighted by Crippen LogP contribution is -2.74. The minimum atomic E-state index is -4.52. The second-order valence-corrected chi connectivity index (χ2v) is 4.95. The largest absolute Gasteiger partial charge is 0.494 e. The molecule has 122 valence electrons. The Bertz CT molecular complexity index is 562.